The molecule has 1 heterocycles. The first-order valence-electron chi connectivity index (χ1n) is 8.79. The van der Waals surface area contributed by atoms with E-state index in [2.05, 4.69) is 67.7 Å². The Kier molecular flexibility index (Phi) is 3.76. The monoisotopic (exact) mass is 329 g/mol. The maximum Gasteiger partial charge on any atom is 0.119 e. The summed E-state index contributed by atoms with van der Waals surface area (Å²) in [5.74, 6) is 0.367. The van der Waals surface area contributed by atoms with Gasteiger partial charge in [0.25, 0.3) is 0 Å². The fraction of sp³-hybridized carbons (Fsp3) is 0.217. The molecule has 0 aliphatic carbocycles. The Hall–Kier alpha value is -2.74. The van der Waals surface area contributed by atoms with E-state index >= 15 is 0 Å². The normalized spacial score (nSPS) is 22.1. The maximum atomic E-state index is 10.6. The van der Waals surface area contributed by atoms with Crippen molar-refractivity contribution in [3.8, 4) is 5.75 Å². The highest BCUT2D eigenvalue weighted by Gasteiger charge is 2.39. The van der Waals surface area contributed by atoms with E-state index in [4.69, 9.17) is 0 Å². The number of anilines is 1. The fourth-order valence-corrected chi connectivity index (χ4v) is 4.08. The second-order valence-electron chi connectivity index (χ2n) is 7.21. The summed E-state index contributed by atoms with van der Waals surface area (Å²) in [5.41, 5.74) is 5.65. The molecule has 3 aromatic rings. The maximum absolute atomic E-state index is 10.6. The van der Waals surface area contributed by atoms with Crippen LogP contribution in [0.25, 0.3) is 0 Å². The third kappa shape index (κ3) is 2.68. The third-order valence-corrected chi connectivity index (χ3v) is 5.41. The molecule has 2 atom stereocenters. The highest BCUT2D eigenvalue weighted by atomic mass is 16.3. The molecule has 25 heavy (non-hydrogen) atoms. The summed E-state index contributed by atoms with van der Waals surface area (Å²) in [4.78, 5) is 0. The van der Waals surface area contributed by atoms with Gasteiger partial charge in [-0.1, -0.05) is 73.2 Å². The van der Waals surface area contributed by atoms with E-state index in [0.717, 1.165) is 17.7 Å². The summed E-state index contributed by atoms with van der Waals surface area (Å²) in [6, 6.07) is 25.0. The SMILES string of the molecule is Cc1ccc2c(c1)C(C)(c1ccccc1O)CC(c1ccccc1)N2. The average Bonchev–Trinajstić information content (AvgIpc) is 2.63. The van der Waals surface area contributed by atoms with Crippen molar-refractivity contribution < 1.29 is 5.11 Å². The zero-order valence-electron chi connectivity index (χ0n) is 14.7. The van der Waals surface area contributed by atoms with Gasteiger partial charge in [-0.3, -0.25) is 0 Å². The van der Waals surface area contributed by atoms with Crippen molar-refractivity contribution >= 4 is 5.69 Å². The van der Waals surface area contributed by atoms with Crippen LogP contribution < -0.4 is 5.32 Å². The van der Waals surface area contributed by atoms with E-state index in [1.807, 2.05) is 18.2 Å². The third-order valence-electron chi connectivity index (χ3n) is 5.41. The molecule has 0 bridgehead atoms. The van der Waals surface area contributed by atoms with Gasteiger partial charge in [0.15, 0.2) is 0 Å². The van der Waals surface area contributed by atoms with Gasteiger partial charge in [-0.2, -0.15) is 0 Å². The van der Waals surface area contributed by atoms with Crippen LogP contribution in [0.1, 0.15) is 41.6 Å². The molecule has 0 fully saturated rings. The minimum Gasteiger partial charge on any atom is -0.508 e. The second kappa shape index (κ2) is 5.96. The number of fused-ring (bicyclic) bond motifs is 1. The van der Waals surface area contributed by atoms with Crippen LogP contribution in [-0.4, -0.2) is 5.11 Å². The molecule has 1 aliphatic rings. The van der Waals surface area contributed by atoms with Gasteiger partial charge >= 0.3 is 0 Å². The lowest BCUT2D eigenvalue weighted by Crippen LogP contribution is -2.34. The molecule has 126 valence electrons. The molecule has 4 rings (SSSR count). The summed E-state index contributed by atoms with van der Waals surface area (Å²) < 4.78 is 0. The van der Waals surface area contributed by atoms with Crippen molar-refractivity contribution in [1.82, 2.24) is 0 Å². The van der Waals surface area contributed by atoms with Crippen LogP contribution >= 0.6 is 0 Å². The molecule has 3 aromatic carbocycles. The first-order chi connectivity index (χ1) is 12.1. The van der Waals surface area contributed by atoms with Crippen molar-refractivity contribution in [2.75, 3.05) is 5.32 Å². The molecule has 2 unspecified atom stereocenters. The lowest BCUT2D eigenvalue weighted by Gasteiger charge is -2.42. The van der Waals surface area contributed by atoms with Crippen LogP contribution in [-0.2, 0) is 5.41 Å². The van der Waals surface area contributed by atoms with E-state index in [9.17, 15) is 5.11 Å². The van der Waals surface area contributed by atoms with Crippen LogP contribution in [0, 0.1) is 6.92 Å². The Labute approximate surface area is 149 Å². The van der Waals surface area contributed by atoms with E-state index in [-0.39, 0.29) is 11.5 Å². The Morgan fingerprint density at radius 2 is 1.64 bits per heavy atom. The fourth-order valence-electron chi connectivity index (χ4n) is 4.08. The summed E-state index contributed by atoms with van der Waals surface area (Å²) in [6.45, 7) is 4.37. The average molecular weight is 329 g/mol. The van der Waals surface area contributed by atoms with Crippen molar-refractivity contribution in [2.24, 2.45) is 0 Å². The van der Waals surface area contributed by atoms with Gasteiger partial charge in [-0.15, -0.1) is 0 Å². The molecule has 0 aromatic heterocycles. The molecule has 0 amide bonds. The highest BCUT2D eigenvalue weighted by Crippen LogP contribution is 2.50. The van der Waals surface area contributed by atoms with Crippen LogP contribution in [0.3, 0.4) is 0 Å². The topological polar surface area (TPSA) is 32.3 Å². The Morgan fingerprint density at radius 3 is 2.40 bits per heavy atom. The molecule has 0 saturated heterocycles. The van der Waals surface area contributed by atoms with Gasteiger partial charge < -0.3 is 10.4 Å². The van der Waals surface area contributed by atoms with E-state index < -0.39 is 0 Å². The van der Waals surface area contributed by atoms with Crippen LogP contribution in [0.2, 0.25) is 0 Å². The number of rotatable bonds is 2. The highest BCUT2D eigenvalue weighted by molar-refractivity contribution is 5.64. The predicted octanol–water partition coefficient (Wildman–Crippen LogP) is 5.56. The van der Waals surface area contributed by atoms with Crippen molar-refractivity contribution in [3.63, 3.8) is 0 Å². The minimum absolute atomic E-state index is 0.209. The molecule has 0 spiro atoms. The van der Waals surface area contributed by atoms with Gasteiger partial charge in [0.1, 0.15) is 5.75 Å². The largest absolute Gasteiger partial charge is 0.508 e. The molecule has 2 N–H and O–H groups in total. The zero-order valence-corrected chi connectivity index (χ0v) is 14.7. The van der Waals surface area contributed by atoms with Gasteiger partial charge in [0.05, 0.1) is 6.04 Å². The van der Waals surface area contributed by atoms with Crippen LogP contribution in [0.5, 0.6) is 5.75 Å². The molecule has 2 heteroatoms. The van der Waals surface area contributed by atoms with Crippen LogP contribution in [0.15, 0.2) is 72.8 Å². The summed E-state index contributed by atoms with van der Waals surface area (Å²) >= 11 is 0. The first kappa shape index (κ1) is 15.8. The van der Waals surface area contributed by atoms with Crippen molar-refractivity contribution in [2.45, 2.75) is 31.7 Å². The van der Waals surface area contributed by atoms with Gasteiger partial charge in [-0.05, 0) is 36.6 Å². The Bertz CT molecular complexity index is 903. The lowest BCUT2D eigenvalue weighted by atomic mass is 9.68. The number of hydrogen-bond donors (Lipinski definition) is 2. The van der Waals surface area contributed by atoms with Gasteiger partial charge in [0.2, 0.25) is 0 Å². The molecule has 1 aliphatic heterocycles. The van der Waals surface area contributed by atoms with E-state index in [1.54, 1.807) is 6.07 Å². The van der Waals surface area contributed by atoms with Crippen molar-refractivity contribution in [3.05, 3.63) is 95.1 Å². The molecular weight excluding hydrogens is 306 g/mol. The van der Waals surface area contributed by atoms with Gasteiger partial charge in [0, 0.05) is 16.7 Å². The number of aryl methyl sites for hydroxylation is 1. The lowest BCUT2D eigenvalue weighted by molar-refractivity contribution is 0.415. The molecule has 2 nitrogen and oxygen atoms in total. The van der Waals surface area contributed by atoms with E-state index in [1.165, 1.54) is 16.7 Å². The summed E-state index contributed by atoms with van der Waals surface area (Å²) in [6.07, 6.45) is 0.894. The molecule has 0 radical (unpaired) electrons. The minimum atomic E-state index is -0.252. The van der Waals surface area contributed by atoms with Crippen molar-refractivity contribution in [1.29, 1.82) is 0 Å². The smallest absolute Gasteiger partial charge is 0.119 e. The quantitative estimate of drug-likeness (QED) is 0.645. The molecule has 0 saturated carbocycles. The van der Waals surface area contributed by atoms with Crippen LogP contribution in [0.4, 0.5) is 5.69 Å². The number of hydrogen-bond acceptors (Lipinski definition) is 2. The summed E-state index contributed by atoms with van der Waals surface area (Å²) in [7, 11) is 0. The standard InChI is InChI=1S/C23H23NO/c1-16-12-13-20-19(14-16)23(2,18-10-6-7-11-22(18)25)15-21(24-20)17-8-4-3-5-9-17/h3-14,21,24-25H,15H2,1-2H3. The zero-order chi connectivity index (χ0) is 17.4. The number of para-hydroxylation sites is 1. The molecular formula is C23H23NO. The summed E-state index contributed by atoms with van der Waals surface area (Å²) in [5, 5.41) is 14.3. The Balaban J connectivity index is 1.90. The Morgan fingerprint density at radius 1 is 0.920 bits per heavy atom. The first-order valence-corrected chi connectivity index (χ1v) is 8.79. The number of phenols is 1. The predicted molar refractivity (Wildman–Crippen MR) is 103 cm³/mol. The van der Waals surface area contributed by atoms with E-state index in [0.29, 0.717) is 5.75 Å². The number of benzene rings is 3. The number of phenolic OH excluding ortho intramolecular Hbond substituents is 1. The second-order valence-corrected chi connectivity index (χ2v) is 7.21. The van der Waals surface area contributed by atoms with Gasteiger partial charge in [-0.25, -0.2) is 0 Å². The number of nitrogens with one attached hydrogen (secondary N) is 1. The number of aromatic hydroxyl groups is 1.